The molecule has 0 aromatic heterocycles. The molecule has 0 radical (unpaired) electrons. The van der Waals surface area contributed by atoms with Gasteiger partial charge in [-0.3, -0.25) is 0 Å². The van der Waals surface area contributed by atoms with Crippen molar-refractivity contribution in [1.29, 1.82) is 0 Å². The van der Waals surface area contributed by atoms with Gasteiger partial charge in [0.1, 0.15) is 0 Å². The Morgan fingerprint density at radius 2 is 0.595 bits per heavy atom. The SMILES string of the molecule is CCCCCCCCCCCCCCCC[N+](C)(C)CC.CCCCCCCCCCCCCCCC[NH+](C)C.[Cl-].[Cl-]. The van der Waals surface area contributed by atoms with Gasteiger partial charge >= 0.3 is 0 Å². The number of quaternary nitrogens is 2. The Hall–Kier alpha value is 0.500. The van der Waals surface area contributed by atoms with Crippen molar-refractivity contribution in [2.45, 2.75) is 201 Å². The molecule has 0 fully saturated rings. The molecular formula is C38H84Cl2N2. The van der Waals surface area contributed by atoms with Gasteiger partial charge < -0.3 is 34.2 Å². The summed E-state index contributed by atoms with van der Waals surface area (Å²) in [7, 11) is 9.20. The molecule has 0 heterocycles. The van der Waals surface area contributed by atoms with Gasteiger partial charge in [-0.05, 0) is 32.6 Å². The number of rotatable bonds is 31. The van der Waals surface area contributed by atoms with Crippen molar-refractivity contribution in [3.8, 4) is 0 Å². The third kappa shape index (κ3) is 47.4. The van der Waals surface area contributed by atoms with E-state index in [1.54, 1.807) is 4.90 Å². The van der Waals surface area contributed by atoms with Gasteiger partial charge in [0.15, 0.2) is 0 Å². The molecule has 0 amide bonds. The lowest BCUT2D eigenvalue weighted by Gasteiger charge is -2.28. The van der Waals surface area contributed by atoms with Crippen molar-refractivity contribution in [3.05, 3.63) is 0 Å². The Morgan fingerprint density at radius 3 is 0.833 bits per heavy atom. The van der Waals surface area contributed by atoms with Crippen LogP contribution >= 0.6 is 0 Å². The second-order valence-electron chi connectivity index (χ2n) is 14.1. The van der Waals surface area contributed by atoms with Crippen LogP contribution in [0.15, 0.2) is 0 Å². The van der Waals surface area contributed by atoms with Gasteiger partial charge in [-0.2, -0.15) is 0 Å². The first-order valence-electron chi connectivity index (χ1n) is 19.0. The van der Waals surface area contributed by atoms with E-state index < -0.39 is 0 Å². The highest BCUT2D eigenvalue weighted by Gasteiger charge is 2.09. The van der Waals surface area contributed by atoms with Gasteiger partial charge in [-0.1, -0.05) is 168 Å². The summed E-state index contributed by atoms with van der Waals surface area (Å²) >= 11 is 0. The Balaban J connectivity index is -0.000000330. The predicted molar refractivity (Wildman–Crippen MR) is 186 cm³/mol. The van der Waals surface area contributed by atoms with Gasteiger partial charge in [0.25, 0.3) is 0 Å². The first kappa shape index (κ1) is 49.4. The van der Waals surface area contributed by atoms with E-state index in [0.29, 0.717) is 0 Å². The normalized spacial score (nSPS) is 11.1. The van der Waals surface area contributed by atoms with E-state index in [-0.39, 0.29) is 24.8 Å². The zero-order chi connectivity index (χ0) is 30.0. The van der Waals surface area contributed by atoms with Crippen LogP contribution in [0.5, 0.6) is 0 Å². The van der Waals surface area contributed by atoms with Gasteiger partial charge in [-0.15, -0.1) is 0 Å². The molecule has 4 heteroatoms. The molecule has 0 aromatic carbocycles. The average Bonchev–Trinajstić information content (AvgIpc) is 2.93. The molecule has 0 atom stereocenters. The largest absolute Gasteiger partial charge is 1.00 e. The predicted octanol–water partition coefficient (Wildman–Crippen LogP) is 5.18. The van der Waals surface area contributed by atoms with Crippen molar-refractivity contribution < 1.29 is 34.2 Å². The molecule has 2 nitrogen and oxygen atoms in total. The maximum atomic E-state index is 2.35. The molecule has 260 valence electrons. The Bertz CT molecular complexity index is 443. The van der Waals surface area contributed by atoms with Crippen molar-refractivity contribution in [1.82, 2.24) is 0 Å². The Morgan fingerprint density at radius 1 is 0.357 bits per heavy atom. The fourth-order valence-corrected chi connectivity index (χ4v) is 5.57. The fraction of sp³-hybridized carbons (Fsp3) is 1.00. The van der Waals surface area contributed by atoms with E-state index in [9.17, 15) is 0 Å². The molecule has 0 aliphatic rings. The minimum atomic E-state index is 0. The third-order valence-corrected chi connectivity index (χ3v) is 9.00. The molecule has 0 bridgehead atoms. The number of hydrogen-bond acceptors (Lipinski definition) is 0. The van der Waals surface area contributed by atoms with Crippen LogP contribution < -0.4 is 29.7 Å². The molecule has 42 heavy (non-hydrogen) atoms. The van der Waals surface area contributed by atoms with Crippen LogP contribution in [0.2, 0.25) is 0 Å². The molecule has 0 aliphatic carbocycles. The van der Waals surface area contributed by atoms with E-state index in [4.69, 9.17) is 0 Å². The number of unbranched alkanes of at least 4 members (excludes halogenated alkanes) is 26. The van der Waals surface area contributed by atoms with Crippen LogP contribution in [-0.4, -0.2) is 52.3 Å². The smallest absolute Gasteiger partial charge is 0.0782 e. The average molecular weight is 640 g/mol. The van der Waals surface area contributed by atoms with Crippen LogP contribution in [0.1, 0.15) is 201 Å². The monoisotopic (exact) mass is 639 g/mol. The van der Waals surface area contributed by atoms with Crippen molar-refractivity contribution in [2.75, 3.05) is 47.8 Å². The summed E-state index contributed by atoms with van der Waals surface area (Å²) in [6.45, 7) is 10.8. The van der Waals surface area contributed by atoms with E-state index >= 15 is 0 Å². The molecule has 0 rings (SSSR count). The van der Waals surface area contributed by atoms with E-state index in [1.807, 2.05) is 0 Å². The quantitative estimate of drug-likeness (QED) is 0.0788. The van der Waals surface area contributed by atoms with Crippen molar-refractivity contribution >= 4 is 0 Å². The first-order chi connectivity index (χ1) is 19.4. The topological polar surface area (TPSA) is 4.44 Å². The first-order valence-corrected chi connectivity index (χ1v) is 19.0. The van der Waals surface area contributed by atoms with Crippen LogP contribution in [-0.2, 0) is 0 Å². The van der Waals surface area contributed by atoms with Crippen LogP contribution in [0.4, 0.5) is 0 Å². The Kier molecular flexibility index (Phi) is 48.8. The summed E-state index contributed by atoms with van der Waals surface area (Å²) in [6.07, 6.45) is 40.8. The van der Waals surface area contributed by atoms with Crippen LogP contribution in [0.3, 0.4) is 0 Å². The lowest BCUT2D eigenvalue weighted by molar-refractivity contribution is -0.888. The van der Waals surface area contributed by atoms with Gasteiger partial charge in [-0.25, -0.2) is 0 Å². The third-order valence-electron chi connectivity index (χ3n) is 9.00. The summed E-state index contributed by atoms with van der Waals surface area (Å²) in [5.74, 6) is 0. The van der Waals surface area contributed by atoms with E-state index in [1.165, 1.54) is 204 Å². The molecule has 0 saturated carbocycles. The summed E-state index contributed by atoms with van der Waals surface area (Å²) in [6, 6.07) is 0. The molecule has 0 aliphatic heterocycles. The summed E-state index contributed by atoms with van der Waals surface area (Å²) in [5.41, 5.74) is 0. The highest BCUT2D eigenvalue weighted by molar-refractivity contribution is 4.50. The number of halogens is 2. The van der Waals surface area contributed by atoms with Crippen LogP contribution in [0, 0.1) is 0 Å². The number of hydrogen-bond donors (Lipinski definition) is 1. The summed E-state index contributed by atoms with van der Waals surface area (Å²) < 4.78 is 1.19. The standard InChI is InChI=1S/C20H44N.C18H39N.2ClH/c1-5-7-8-9-10-11-12-13-14-15-16-17-18-19-20-21(3,4)6-2;1-4-5-6-7-8-9-10-11-12-13-14-15-16-17-18-19(2)3;;/h5-20H2,1-4H3;4-18H2,1-3H3;2*1H/q+1;;;/p-1. The van der Waals surface area contributed by atoms with Crippen LogP contribution in [0.25, 0.3) is 0 Å². The fourth-order valence-electron chi connectivity index (χ4n) is 5.57. The zero-order valence-electron chi connectivity index (χ0n) is 30.6. The van der Waals surface area contributed by atoms with Crippen molar-refractivity contribution in [2.24, 2.45) is 0 Å². The second-order valence-corrected chi connectivity index (χ2v) is 14.1. The maximum Gasteiger partial charge on any atom is 0.0782 e. The Labute approximate surface area is 281 Å². The van der Waals surface area contributed by atoms with E-state index in [0.717, 1.165) is 0 Å². The lowest BCUT2D eigenvalue weighted by Crippen LogP contribution is -3.05. The molecular weight excluding hydrogens is 555 g/mol. The second kappa shape index (κ2) is 41.5. The minimum Gasteiger partial charge on any atom is -1.00 e. The minimum absolute atomic E-state index is 0. The molecule has 0 saturated heterocycles. The number of nitrogens with one attached hydrogen (secondary N) is 1. The lowest BCUT2D eigenvalue weighted by atomic mass is 10.0. The molecule has 0 unspecified atom stereocenters. The summed E-state index contributed by atoms with van der Waals surface area (Å²) in [5, 5.41) is 0. The summed E-state index contributed by atoms with van der Waals surface area (Å²) in [4.78, 5) is 1.60. The maximum absolute atomic E-state index is 2.35. The van der Waals surface area contributed by atoms with E-state index in [2.05, 4.69) is 49.0 Å². The zero-order valence-corrected chi connectivity index (χ0v) is 32.1. The molecule has 0 spiro atoms. The molecule has 0 aromatic rings. The highest BCUT2D eigenvalue weighted by Crippen LogP contribution is 2.14. The molecule has 1 N–H and O–H groups in total. The number of nitrogens with zero attached hydrogens (tertiary/aromatic N) is 1. The van der Waals surface area contributed by atoms with Crippen molar-refractivity contribution in [3.63, 3.8) is 0 Å². The van der Waals surface area contributed by atoms with Gasteiger partial charge in [0, 0.05) is 0 Å². The highest BCUT2D eigenvalue weighted by atomic mass is 35.5. The van der Waals surface area contributed by atoms with Gasteiger partial charge in [0.2, 0.25) is 0 Å². The van der Waals surface area contributed by atoms with Gasteiger partial charge in [0.05, 0.1) is 47.8 Å².